The van der Waals surface area contributed by atoms with Gasteiger partial charge in [-0.25, -0.2) is 4.98 Å². The Morgan fingerprint density at radius 1 is 1.56 bits per heavy atom. The average molecular weight is 253 g/mol. The fourth-order valence-electron chi connectivity index (χ4n) is 1.83. The zero-order valence-corrected chi connectivity index (χ0v) is 11.4. The van der Waals surface area contributed by atoms with E-state index < -0.39 is 6.10 Å². The lowest BCUT2D eigenvalue weighted by molar-refractivity contribution is 0.0419. The van der Waals surface area contributed by atoms with Gasteiger partial charge in [0.15, 0.2) is 0 Å². The second-order valence-electron chi connectivity index (χ2n) is 4.39. The van der Waals surface area contributed by atoms with Gasteiger partial charge in [-0.2, -0.15) is 0 Å². The van der Waals surface area contributed by atoms with Crippen LogP contribution < -0.4 is 5.32 Å². The van der Waals surface area contributed by atoms with Crippen molar-refractivity contribution in [1.29, 1.82) is 0 Å². The van der Waals surface area contributed by atoms with Gasteiger partial charge in [0, 0.05) is 32.9 Å². The number of aromatic nitrogens is 1. The molecule has 0 aliphatic rings. The lowest BCUT2D eigenvalue weighted by Gasteiger charge is -2.20. The van der Waals surface area contributed by atoms with E-state index in [1.807, 2.05) is 26.1 Å². The van der Waals surface area contributed by atoms with Crippen molar-refractivity contribution in [1.82, 2.24) is 9.88 Å². The van der Waals surface area contributed by atoms with Gasteiger partial charge in [-0.05, 0) is 31.7 Å². The first-order chi connectivity index (χ1) is 8.65. The number of likely N-dealkylation sites (N-methyl/N-ethyl adjacent to an activating group) is 1. The fraction of sp³-hybridized carbons (Fsp3) is 0.615. The monoisotopic (exact) mass is 253 g/mol. The van der Waals surface area contributed by atoms with Crippen molar-refractivity contribution in [2.45, 2.75) is 19.6 Å². The van der Waals surface area contributed by atoms with E-state index in [2.05, 4.69) is 15.2 Å². The summed E-state index contributed by atoms with van der Waals surface area (Å²) in [7, 11) is 3.57. The zero-order valence-electron chi connectivity index (χ0n) is 11.4. The number of aliphatic hydroxyl groups is 1. The summed E-state index contributed by atoms with van der Waals surface area (Å²) >= 11 is 0. The van der Waals surface area contributed by atoms with Crippen molar-refractivity contribution in [2.75, 3.05) is 39.2 Å². The number of hydrogen-bond acceptors (Lipinski definition) is 5. The molecule has 0 amide bonds. The molecule has 102 valence electrons. The first-order valence-corrected chi connectivity index (χ1v) is 6.20. The molecule has 0 saturated heterocycles. The van der Waals surface area contributed by atoms with E-state index in [9.17, 15) is 5.11 Å². The maximum absolute atomic E-state index is 9.65. The molecule has 2 N–H and O–H groups in total. The van der Waals surface area contributed by atoms with Crippen LogP contribution in [0.25, 0.3) is 0 Å². The van der Waals surface area contributed by atoms with Crippen LogP contribution in [-0.4, -0.2) is 54.9 Å². The minimum absolute atomic E-state index is 0.364. The van der Waals surface area contributed by atoms with E-state index in [1.165, 1.54) is 5.56 Å². The van der Waals surface area contributed by atoms with Crippen LogP contribution in [0.15, 0.2) is 18.3 Å². The van der Waals surface area contributed by atoms with Gasteiger partial charge < -0.3 is 15.2 Å². The quantitative estimate of drug-likeness (QED) is 0.722. The van der Waals surface area contributed by atoms with Gasteiger partial charge in [-0.3, -0.25) is 4.90 Å². The molecule has 0 aromatic carbocycles. The third-order valence-electron chi connectivity index (χ3n) is 2.52. The second kappa shape index (κ2) is 8.02. The van der Waals surface area contributed by atoms with Crippen LogP contribution in [0.4, 0.5) is 5.82 Å². The topological polar surface area (TPSA) is 57.6 Å². The highest BCUT2D eigenvalue weighted by atomic mass is 16.5. The summed E-state index contributed by atoms with van der Waals surface area (Å²) in [5.74, 6) is 0.890. The molecular formula is C13H23N3O2. The maximum atomic E-state index is 9.65. The van der Waals surface area contributed by atoms with Crippen molar-refractivity contribution in [3.05, 3.63) is 23.9 Å². The van der Waals surface area contributed by atoms with Crippen LogP contribution in [0.3, 0.4) is 0 Å². The molecule has 5 heteroatoms. The van der Waals surface area contributed by atoms with E-state index in [0.29, 0.717) is 13.2 Å². The Morgan fingerprint density at radius 2 is 2.33 bits per heavy atom. The highest BCUT2D eigenvalue weighted by Gasteiger charge is 2.08. The van der Waals surface area contributed by atoms with Crippen molar-refractivity contribution >= 4 is 5.82 Å². The molecule has 0 bridgehead atoms. The van der Waals surface area contributed by atoms with E-state index in [-0.39, 0.29) is 0 Å². The molecule has 0 radical (unpaired) electrons. The zero-order chi connectivity index (χ0) is 13.4. The summed E-state index contributed by atoms with van der Waals surface area (Å²) in [6, 6.07) is 4.02. The summed E-state index contributed by atoms with van der Waals surface area (Å²) in [6.45, 7) is 4.64. The number of aliphatic hydroxyl groups excluding tert-OH is 1. The maximum Gasteiger partial charge on any atom is 0.126 e. The number of ether oxygens (including phenoxy) is 1. The summed E-state index contributed by atoms with van der Waals surface area (Å²) in [5.41, 5.74) is 1.17. The van der Waals surface area contributed by atoms with Gasteiger partial charge >= 0.3 is 0 Å². The number of rotatable bonds is 8. The van der Waals surface area contributed by atoms with Crippen LogP contribution in [0, 0.1) is 0 Å². The predicted octanol–water partition coefficient (Wildman–Crippen LogP) is 0.952. The van der Waals surface area contributed by atoms with Gasteiger partial charge in [0.1, 0.15) is 5.82 Å². The van der Waals surface area contributed by atoms with Crippen LogP contribution >= 0.6 is 0 Å². The average Bonchev–Trinajstić information content (AvgIpc) is 2.29. The molecule has 1 atom stereocenters. The van der Waals surface area contributed by atoms with Crippen molar-refractivity contribution < 1.29 is 9.84 Å². The van der Waals surface area contributed by atoms with Crippen molar-refractivity contribution in [3.8, 4) is 0 Å². The first-order valence-electron chi connectivity index (χ1n) is 6.20. The van der Waals surface area contributed by atoms with E-state index >= 15 is 0 Å². The van der Waals surface area contributed by atoms with Crippen LogP contribution in [0.5, 0.6) is 0 Å². The minimum Gasteiger partial charge on any atom is -0.389 e. The van der Waals surface area contributed by atoms with Crippen molar-refractivity contribution in [3.63, 3.8) is 0 Å². The Balaban J connectivity index is 2.47. The summed E-state index contributed by atoms with van der Waals surface area (Å²) in [5, 5.41) is 12.8. The summed E-state index contributed by atoms with van der Waals surface area (Å²) < 4.78 is 4.91. The van der Waals surface area contributed by atoms with Gasteiger partial charge in [0.05, 0.1) is 12.7 Å². The number of nitrogens with zero attached hydrogens (tertiary/aromatic N) is 2. The molecule has 0 aliphatic heterocycles. The van der Waals surface area contributed by atoms with Gasteiger partial charge in [-0.1, -0.05) is 0 Å². The minimum atomic E-state index is -0.449. The molecule has 0 spiro atoms. The molecule has 1 aromatic heterocycles. The summed E-state index contributed by atoms with van der Waals surface area (Å²) in [4.78, 5) is 6.29. The van der Waals surface area contributed by atoms with Gasteiger partial charge in [-0.15, -0.1) is 0 Å². The molecule has 1 heterocycles. The molecule has 1 aromatic rings. The molecule has 0 saturated carbocycles. The Morgan fingerprint density at radius 3 is 3.00 bits per heavy atom. The Hall–Kier alpha value is -1.17. The highest BCUT2D eigenvalue weighted by Crippen LogP contribution is 2.09. The first kappa shape index (κ1) is 14.9. The third kappa shape index (κ3) is 5.44. The lowest BCUT2D eigenvalue weighted by atomic mass is 10.2. The lowest BCUT2D eigenvalue weighted by Crippen LogP contribution is -2.31. The molecule has 0 aliphatic carbocycles. The normalized spacial score (nSPS) is 12.7. The van der Waals surface area contributed by atoms with E-state index in [1.54, 1.807) is 13.3 Å². The third-order valence-corrected chi connectivity index (χ3v) is 2.52. The smallest absolute Gasteiger partial charge is 0.126 e. The highest BCUT2D eigenvalue weighted by molar-refractivity contribution is 5.37. The number of anilines is 1. The molecule has 1 rings (SSSR count). The van der Waals surface area contributed by atoms with E-state index in [0.717, 1.165) is 18.9 Å². The molecule has 0 fully saturated rings. The molecular weight excluding hydrogens is 230 g/mol. The molecule has 5 nitrogen and oxygen atoms in total. The van der Waals surface area contributed by atoms with Crippen LogP contribution in [0.1, 0.15) is 12.5 Å². The Bertz CT molecular complexity index is 347. The molecule has 1 unspecified atom stereocenters. The number of nitrogens with one attached hydrogen (secondary N) is 1. The van der Waals surface area contributed by atoms with Gasteiger partial charge in [0.2, 0.25) is 0 Å². The summed E-state index contributed by atoms with van der Waals surface area (Å²) in [6.07, 6.45) is 1.35. The van der Waals surface area contributed by atoms with Crippen molar-refractivity contribution in [2.24, 2.45) is 0 Å². The van der Waals surface area contributed by atoms with Crippen LogP contribution in [0.2, 0.25) is 0 Å². The standard InChI is InChI=1S/C13H23N3O2/c1-4-14-13-7-11(5-6-15-13)8-16(2)9-12(17)10-18-3/h5-7,12,17H,4,8-10H2,1-3H3,(H,14,15). The number of methoxy groups -OCH3 is 1. The van der Waals surface area contributed by atoms with Crippen LogP contribution in [-0.2, 0) is 11.3 Å². The number of pyridine rings is 1. The number of hydrogen-bond donors (Lipinski definition) is 2. The SMILES string of the molecule is CCNc1cc(CN(C)CC(O)COC)ccn1. The fourth-order valence-corrected chi connectivity index (χ4v) is 1.83. The largest absolute Gasteiger partial charge is 0.389 e. The second-order valence-corrected chi connectivity index (χ2v) is 4.39. The Labute approximate surface area is 109 Å². The molecule has 18 heavy (non-hydrogen) atoms. The van der Waals surface area contributed by atoms with Gasteiger partial charge in [0.25, 0.3) is 0 Å². The predicted molar refractivity (Wildman–Crippen MR) is 72.6 cm³/mol. The van der Waals surface area contributed by atoms with E-state index in [4.69, 9.17) is 4.74 Å². The Kier molecular flexibility index (Phi) is 6.64.